The maximum atomic E-state index is 5.71. The first kappa shape index (κ1) is 13.6. The van der Waals surface area contributed by atoms with Gasteiger partial charge in [-0.05, 0) is 55.2 Å². The van der Waals surface area contributed by atoms with Gasteiger partial charge in [-0.25, -0.2) is 5.43 Å². The predicted molar refractivity (Wildman–Crippen MR) is 75.1 cm³/mol. The molecule has 1 aromatic carbocycles. The van der Waals surface area contributed by atoms with Crippen molar-refractivity contribution >= 4 is 0 Å². The molecule has 1 unspecified atom stereocenters. The normalized spacial score (nSPS) is 12.5. The Morgan fingerprint density at radius 3 is 2.42 bits per heavy atom. The van der Waals surface area contributed by atoms with Crippen LogP contribution in [0.25, 0.3) is 0 Å². The van der Waals surface area contributed by atoms with Gasteiger partial charge in [0.1, 0.15) is 17.6 Å². The van der Waals surface area contributed by atoms with E-state index < -0.39 is 0 Å². The van der Waals surface area contributed by atoms with Crippen LogP contribution in [0.1, 0.15) is 34.1 Å². The first-order valence-electron chi connectivity index (χ1n) is 6.23. The predicted octanol–water partition coefficient (Wildman–Crippen LogP) is 2.77. The van der Waals surface area contributed by atoms with Crippen molar-refractivity contribution in [3.63, 3.8) is 0 Å². The highest BCUT2D eigenvalue weighted by atomic mass is 16.5. The second kappa shape index (κ2) is 5.47. The van der Waals surface area contributed by atoms with Gasteiger partial charge in [-0.2, -0.15) is 0 Å². The Morgan fingerprint density at radius 1 is 1.16 bits per heavy atom. The molecule has 0 fully saturated rings. The lowest BCUT2D eigenvalue weighted by Crippen LogP contribution is -2.29. The van der Waals surface area contributed by atoms with Gasteiger partial charge in [0.15, 0.2) is 0 Å². The highest BCUT2D eigenvalue weighted by Gasteiger charge is 2.20. The molecule has 4 heteroatoms. The van der Waals surface area contributed by atoms with Crippen LogP contribution in [0.5, 0.6) is 5.75 Å². The molecule has 0 saturated heterocycles. The van der Waals surface area contributed by atoms with E-state index in [4.69, 9.17) is 15.0 Å². The molecule has 1 atom stereocenters. The van der Waals surface area contributed by atoms with Crippen molar-refractivity contribution in [2.24, 2.45) is 5.84 Å². The van der Waals surface area contributed by atoms with Gasteiger partial charge < -0.3 is 9.15 Å². The summed E-state index contributed by atoms with van der Waals surface area (Å²) in [6, 6.07) is 5.89. The Morgan fingerprint density at radius 2 is 1.89 bits per heavy atom. The molecular formula is C15H20N2O2. The number of nitrogens with one attached hydrogen (secondary N) is 1. The standard InChI is InChI=1S/C15H20N2O2/c1-9-5-6-19-15(9)14(17-16)12-7-11(3)13(18-4)8-10(12)2/h5-8,14,17H,16H2,1-4H3. The zero-order valence-electron chi connectivity index (χ0n) is 11.8. The summed E-state index contributed by atoms with van der Waals surface area (Å²) in [5.74, 6) is 7.44. The molecule has 0 aliphatic rings. The zero-order valence-corrected chi connectivity index (χ0v) is 11.8. The molecule has 102 valence electrons. The van der Waals surface area contributed by atoms with Crippen molar-refractivity contribution in [3.05, 3.63) is 52.5 Å². The summed E-state index contributed by atoms with van der Waals surface area (Å²) in [5.41, 5.74) is 7.20. The minimum atomic E-state index is -0.153. The van der Waals surface area contributed by atoms with Crippen LogP contribution < -0.4 is 16.0 Å². The lowest BCUT2D eigenvalue weighted by atomic mass is 9.95. The van der Waals surface area contributed by atoms with Crippen molar-refractivity contribution in [1.29, 1.82) is 0 Å². The quantitative estimate of drug-likeness (QED) is 0.655. The Balaban J connectivity index is 2.50. The third-order valence-electron chi connectivity index (χ3n) is 3.43. The molecular weight excluding hydrogens is 240 g/mol. The van der Waals surface area contributed by atoms with Crippen LogP contribution in [0.4, 0.5) is 0 Å². The fraction of sp³-hybridized carbons (Fsp3) is 0.333. The van der Waals surface area contributed by atoms with E-state index in [9.17, 15) is 0 Å². The van der Waals surface area contributed by atoms with Gasteiger partial charge in [0.2, 0.25) is 0 Å². The molecule has 0 spiro atoms. The molecule has 4 nitrogen and oxygen atoms in total. The first-order chi connectivity index (χ1) is 9.08. The van der Waals surface area contributed by atoms with E-state index in [1.807, 2.05) is 32.9 Å². The second-order valence-corrected chi connectivity index (χ2v) is 4.75. The fourth-order valence-electron chi connectivity index (χ4n) is 2.33. The highest BCUT2D eigenvalue weighted by Crippen LogP contribution is 2.31. The summed E-state index contributed by atoms with van der Waals surface area (Å²) in [6.07, 6.45) is 1.68. The van der Waals surface area contributed by atoms with E-state index in [2.05, 4.69) is 11.5 Å². The molecule has 2 aromatic rings. The zero-order chi connectivity index (χ0) is 14.0. The average Bonchev–Trinajstić information content (AvgIpc) is 2.80. The molecule has 1 heterocycles. The van der Waals surface area contributed by atoms with Gasteiger partial charge in [-0.1, -0.05) is 6.07 Å². The third kappa shape index (κ3) is 2.50. The first-order valence-corrected chi connectivity index (χ1v) is 6.23. The molecule has 19 heavy (non-hydrogen) atoms. The van der Waals surface area contributed by atoms with Gasteiger partial charge in [0.25, 0.3) is 0 Å². The number of methoxy groups -OCH3 is 1. The molecule has 0 aliphatic carbocycles. The topological polar surface area (TPSA) is 60.4 Å². The molecule has 1 aromatic heterocycles. The van der Waals surface area contributed by atoms with Gasteiger partial charge >= 0.3 is 0 Å². The van der Waals surface area contributed by atoms with Crippen molar-refractivity contribution in [2.45, 2.75) is 26.8 Å². The number of nitrogens with two attached hydrogens (primary N) is 1. The SMILES string of the molecule is COc1cc(C)c(C(NN)c2occc2C)cc1C. The summed E-state index contributed by atoms with van der Waals surface area (Å²) >= 11 is 0. The van der Waals surface area contributed by atoms with Crippen LogP contribution in [0.3, 0.4) is 0 Å². The molecule has 3 N–H and O–H groups in total. The van der Waals surface area contributed by atoms with E-state index in [-0.39, 0.29) is 6.04 Å². The van der Waals surface area contributed by atoms with Gasteiger partial charge in [-0.3, -0.25) is 5.84 Å². The van der Waals surface area contributed by atoms with Gasteiger partial charge in [-0.15, -0.1) is 0 Å². The molecule has 0 saturated carbocycles. The Labute approximate surface area is 113 Å². The minimum Gasteiger partial charge on any atom is -0.496 e. The van der Waals surface area contributed by atoms with E-state index in [0.29, 0.717) is 0 Å². The minimum absolute atomic E-state index is 0.153. The Hall–Kier alpha value is -1.78. The third-order valence-corrected chi connectivity index (χ3v) is 3.43. The number of hydrogen-bond donors (Lipinski definition) is 2. The smallest absolute Gasteiger partial charge is 0.129 e. The molecule has 2 rings (SSSR count). The van der Waals surface area contributed by atoms with Gasteiger partial charge in [0, 0.05) is 0 Å². The van der Waals surface area contributed by atoms with Crippen LogP contribution in [0.15, 0.2) is 28.9 Å². The molecule has 0 amide bonds. The van der Waals surface area contributed by atoms with E-state index >= 15 is 0 Å². The molecule has 0 aliphatic heterocycles. The van der Waals surface area contributed by atoms with Crippen LogP contribution >= 0.6 is 0 Å². The Kier molecular flexibility index (Phi) is 3.93. The van der Waals surface area contributed by atoms with E-state index in [1.54, 1.807) is 13.4 Å². The summed E-state index contributed by atoms with van der Waals surface area (Å²) in [7, 11) is 1.68. The summed E-state index contributed by atoms with van der Waals surface area (Å²) in [5, 5.41) is 0. The summed E-state index contributed by atoms with van der Waals surface area (Å²) < 4.78 is 10.9. The largest absolute Gasteiger partial charge is 0.496 e. The van der Waals surface area contributed by atoms with Gasteiger partial charge in [0.05, 0.1) is 13.4 Å². The lowest BCUT2D eigenvalue weighted by molar-refractivity contribution is 0.410. The van der Waals surface area contributed by atoms with Crippen LogP contribution in [0, 0.1) is 20.8 Å². The Bertz CT molecular complexity index is 576. The van der Waals surface area contributed by atoms with Crippen molar-refractivity contribution in [1.82, 2.24) is 5.43 Å². The monoisotopic (exact) mass is 260 g/mol. The van der Waals surface area contributed by atoms with Crippen molar-refractivity contribution in [2.75, 3.05) is 7.11 Å². The molecule has 0 bridgehead atoms. The lowest BCUT2D eigenvalue weighted by Gasteiger charge is -2.19. The number of hydrogen-bond acceptors (Lipinski definition) is 4. The number of rotatable bonds is 4. The molecule has 0 radical (unpaired) electrons. The maximum Gasteiger partial charge on any atom is 0.129 e. The van der Waals surface area contributed by atoms with Crippen molar-refractivity contribution < 1.29 is 9.15 Å². The maximum absolute atomic E-state index is 5.71. The summed E-state index contributed by atoms with van der Waals surface area (Å²) in [6.45, 7) is 6.07. The average molecular weight is 260 g/mol. The number of aryl methyl sites for hydroxylation is 3. The van der Waals surface area contributed by atoms with Crippen molar-refractivity contribution in [3.8, 4) is 5.75 Å². The van der Waals surface area contributed by atoms with E-state index in [0.717, 1.165) is 33.8 Å². The second-order valence-electron chi connectivity index (χ2n) is 4.75. The summed E-state index contributed by atoms with van der Waals surface area (Å²) in [4.78, 5) is 0. The van der Waals surface area contributed by atoms with Crippen LogP contribution in [0.2, 0.25) is 0 Å². The van der Waals surface area contributed by atoms with Crippen LogP contribution in [-0.2, 0) is 0 Å². The number of hydrazine groups is 1. The van der Waals surface area contributed by atoms with E-state index in [1.165, 1.54) is 0 Å². The van der Waals surface area contributed by atoms with Crippen LogP contribution in [-0.4, -0.2) is 7.11 Å². The number of benzene rings is 1. The number of ether oxygens (including phenoxy) is 1. The fourth-order valence-corrected chi connectivity index (χ4v) is 2.33. The highest BCUT2D eigenvalue weighted by molar-refractivity contribution is 5.45. The number of furan rings is 1.